The van der Waals surface area contributed by atoms with Crippen molar-refractivity contribution >= 4 is 23.2 Å². The fraction of sp³-hybridized carbons (Fsp3) is 0.400. The SMILES string of the molecule is COc1ccc(CN(C)CN)c(Cl)c1Cl. The molecule has 0 aliphatic rings. The number of ether oxygens (including phenoxy) is 1. The Morgan fingerprint density at radius 3 is 2.53 bits per heavy atom. The Hall–Kier alpha value is -0.480. The molecule has 5 heteroatoms. The average Bonchev–Trinajstić information content (AvgIpc) is 2.25. The van der Waals surface area contributed by atoms with Gasteiger partial charge in [-0.05, 0) is 18.7 Å². The molecule has 0 amide bonds. The van der Waals surface area contributed by atoms with Gasteiger partial charge < -0.3 is 10.5 Å². The Kier molecular flexibility index (Phi) is 4.67. The molecule has 0 atom stereocenters. The first kappa shape index (κ1) is 12.6. The molecule has 2 N–H and O–H groups in total. The summed E-state index contributed by atoms with van der Waals surface area (Å²) in [6, 6.07) is 3.69. The molecule has 0 aromatic heterocycles. The molecular formula is C10H14Cl2N2O. The highest BCUT2D eigenvalue weighted by molar-refractivity contribution is 6.43. The molecule has 0 heterocycles. The van der Waals surface area contributed by atoms with Crippen molar-refractivity contribution in [2.75, 3.05) is 20.8 Å². The van der Waals surface area contributed by atoms with Gasteiger partial charge >= 0.3 is 0 Å². The van der Waals surface area contributed by atoms with Crippen molar-refractivity contribution in [3.05, 3.63) is 27.7 Å². The van der Waals surface area contributed by atoms with Gasteiger partial charge in [-0.15, -0.1) is 0 Å². The van der Waals surface area contributed by atoms with Gasteiger partial charge in [0.15, 0.2) is 0 Å². The van der Waals surface area contributed by atoms with Crippen molar-refractivity contribution in [1.82, 2.24) is 4.90 Å². The predicted molar refractivity (Wildman–Crippen MR) is 63.5 cm³/mol. The molecule has 1 rings (SSSR count). The summed E-state index contributed by atoms with van der Waals surface area (Å²) in [5.41, 5.74) is 6.43. The van der Waals surface area contributed by atoms with Crippen molar-refractivity contribution in [2.24, 2.45) is 5.73 Å². The van der Waals surface area contributed by atoms with E-state index in [0.717, 1.165) is 5.56 Å². The lowest BCUT2D eigenvalue weighted by molar-refractivity contribution is 0.337. The van der Waals surface area contributed by atoms with Gasteiger partial charge in [-0.25, -0.2) is 0 Å². The van der Waals surface area contributed by atoms with Gasteiger partial charge in [0.2, 0.25) is 0 Å². The second kappa shape index (κ2) is 5.56. The second-order valence-corrected chi connectivity index (χ2v) is 4.01. The Bertz CT molecular complexity index is 344. The summed E-state index contributed by atoms with van der Waals surface area (Å²) >= 11 is 12.1. The number of hydrogen-bond donors (Lipinski definition) is 1. The van der Waals surface area contributed by atoms with E-state index >= 15 is 0 Å². The van der Waals surface area contributed by atoms with Crippen LogP contribution in [0.15, 0.2) is 12.1 Å². The van der Waals surface area contributed by atoms with Gasteiger partial charge in [-0.2, -0.15) is 0 Å². The third kappa shape index (κ3) is 2.98. The first-order chi connectivity index (χ1) is 7.10. The first-order valence-electron chi connectivity index (χ1n) is 4.49. The summed E-state index contributed by atoms with van der Waals surface area (Å²) in [5.74, 6) is 0.584. The van der Waals surface area contributed by atoms with Crippen LogP contribution in [-0.2, 0) is 6.54 Å². The molecule has 0 saturated carbocycles. The van der Waals surface area contributed by atoms with Crippen molar-refractivity contribution in [3.8, 4) is 5.75 Å². The van der Waals surface area contributed by atoms with E-state index in [1.165, 1.54) is 0 Å². The number of nitrogens with zero attached hydrogens (tertiary/aromatic N) is 1. The smallest absolute Gasteiger partial charge is 0.138 e. The minimum Gasteiger partial charge on any atom is -0.495 e. The summed E-state index contributed by atoms with van der Waals surface area (Å²) in [5, 5.41) is 0.971. The molecule has 1 aromatic carbocycles. The quantitative estimate of drug-likeness (QED) is 0.832. The summed E-state index contributed by atoms with van der Waals surface area (Å²) in [7, 11) is 3.47. The minimum absolute atomic E-state index is 0.446. The van der Waals surface area contributed by atoms with Crippen molar-refractivity contribution in [1.29, 1.82) is 0 Å². The molecular weight excluding hydrogens is 235 g/mol. The van der Waals surface area contributed by atoms with Crippen LogP contribution in [0.25, 0.3) is 0 Å². The molecule has 1 aromatic rings. The normalized spacial score (nSPS) is 10.8. The molecule has 0 radical (unpaired) electrons. The highest BCUT2D eigenvalue weighted by atomic mass is 35.5. The van der Waals surface area contributed by atoms with Gasteiger partial charge in [0.05, 0.1) is 12.1 Å². The maximum Gasteiger partial charge on any atom is 0.138 e. The monoisotopic (exact) mass is 248 g/mol. The van der Waals surface area contributed by atoms with Crippen LogP contribution in [0.1, 0.15) is 5.56 Å². The van der Waals surface area contributed by atoms with E-state index in [1.54, 1.807) is 13.2 Å². The third-order valence-corrected chi connectivity index (χ3v) is 3.00. The predicted octanol–water partition coefficient (Wildman–Crippen LogP) is 2.35. The lowest BCUT2D eigenvalue weighted by atomic mass is 10.2. The zero-order valence-electron chi connectivity index (χ0n) is 8.76. The highest BCUT2D eigenvalue weighted by Gasteiger charge is 2.11. The number of hydrogen-bond acceptors (Lipinski definition) is 3. The molecule has 3 nitrogen and oxygen atoms in total. The summed E-state index contributed by atoms with van der Waals surface area (Å²) in [4.78, 5) is 1.93. The molecule has 0 aliphatic heterocycles. The number of methoxy groups -OCH3 is 1. The standard InChI is InChI=1S/C10H14Cl2N2O/c1-14(6-13)5-7-3-4-8(15-2)10(12)9(7)11/h3-4H,5-6,13H2,1-2H3. The van der Waals surface area contributed by atoms with Crippen LogP contribution in [0, 0.1) is 0 Å². The Labute approximate surface area is 99.7 Å². The maximum atomic E-state index is 6.10. The number of benzene rings is 1. The number of nitrogens with two attached hydrogens (primary N) is 1. The van der Waals surface area contributed by atoms with E-state index < -0.39 is 0 Å². The zero-order valence-corrected chi connectivity index (χ0v) is 10.3. The number of rotatable bonds is 4. The topological polar surface area (TPSA) is 38.5 Å². The van der Waals surface area contributed by atoms with E-state index in [2.05, 4.69) is 0 Å². The first-order valence-corrected chi connectivity index (χ1v) is 5.25. The van der Waals surface area contributed by atoms with E-state index in [0.29, 0.717) is 29.0 Å². The Balaban J connectivity index is 2.96. The fourth-order valence-corrected chi connectivity index (χ4v) is 1.68. The highest BCUT2D eigenvalue weighted by Crippen LogP contribution is 2.34. The Morgan fingerprint density at radius 1 is 1.33 bits per heavy atom. The van der Waals surface area contributed by atoms with Gasteiger partial charge in [0, 0.05) is 13.2 Å². The van der Waals surface area contributed by atoms with Crippen LogP contribution < -0.4 is 10.5 Å². The molecule has 15 heavy (non-hydrogen) atoms. The average molecular weight is 249 g/mol. The molecule has 0 bridgehead atoms. The van der Waals surface area contributed by atoms with Crippen LogP contribution in [0.2, 0.25) is 10.0 Å². The van der Waals surface area contributed by atoms with Crippen molar-refractivity contribution in [2.45, 2.75) is 6.54 Å². The second-order valence-electron chi connectivity index (χ2n) is 3.25. The van der Waals surface area contributed by atoms with Gasteiger partial charge in [-0.1, -0.05) is 29.3 Å². The summed E-state index contributed by atoms with van der Waals surface area (Å²) in [6.07, 6.45) is 0. The molecule has 0 aliphatic carbocycles. The van der Waals surface area contributed by atoms with E-state index in [1.807, 2.05) is 18.0 Å². The zero-order chi connectivity index (χ0) is 11.4. The minimum atomic E-state index is 0.446. The van der Waals surface area contributed by atoms with Crippen LogP contribution in [0.5, 0.6) is 5.75 Å². The lowest BCUT2D eigenvalue weighted by Gasteiger charge is -2.16. The van der Waals surface area contributed by atoms with Crippen LogP contribution in [-0.4, -0.2) is 25.7 Å². The van der Waals surface area contributed by atoms with Crippen molar-refractivity contribution < 1.29 is 4.74 Å². The largest absolute Gasteiger partial charge is 0.495 e. The van der Waals surface area contributed by atoms with Crippen LogP contribution in [0.4, 0.5) is 0 Å². The fourth-order valence-electron chi connectivity index (χ4n) is 1.21. The lowest BCUT2D eigenvalue weighted by Crippen LogP contribution is -2.25. The van der Waals surface area contributed by atoms with E-state index in [-0.39, 0.29) is 0 Å². The van der Waals surface area contributed by atoms with Crippen LogP contribution in [0.3, 0.4) is 0 Å². The number of halogens is 2. The van der Waals surface area contributed by atoms with E-state index in [4.69, 9.17) is 33.7 Å². The van der Waals surface area contributed by atoms with Gasteiger partial charge in [0.25, 0.3) is 0 Å². The third-order valence-electron chi connectivity index (χ3n) is 2.10. The molecule has 0 fully saturated rings. The molecule has 0 saturated heterocycles. The van der Waals surface area contributed by atoms with Crippen LogP contribution >= 0.6 is 23.2 Å². The molecule has 0 unspecified atom stereocenters. The van der Waals surface area contributed by atoms with Crippen molar-refractivity contribution in [3.63, 3.8) is 0 Å². The Morgan fingerprint density at radius 2 is 2.00 bits per heavy atom. The maximum absolute atomic E-state index is 6.10. The molecule has 0 spiro atoms. The summed E-state index contributed by atoms with van der Waals surface area (Å²) < 4.78 is 5.06. The van der Waals surface area contributed by atoms with E-state index in [9.17, 15) is 0 Å². The van der Waals surface area contributed by atoms with Gasteiger partial charge in [0.1, 0.15) is 10.8 Å². The van der Waals surface area contributed by atoms with Gasteiger partial charge in [-0.3, -0.25) is 4.90 Å². The summed E-state index contributed by atoms with van der Waals surface area (Å²) in [6.45, 7) is 1.14. The molecule has 84 valence electrons.